The van der Waals surface area contributed by atoms with Gasteiger partial charge in [-0.1, -0.05) is 17.3 Å². The molecule has 3 rings (SSSR count). The minimum atomic E-state index is -0.464. The average Bonchev–Trinajstić information content (AvgIpc) is 2.83. The Morgan fingerprint density at radius 2 is 2.17 bits per heavy atom. The maximum atomic E-state index is 11.8. The molecule has 1 aliphatic rings. The van der Waals surface area contributed by atoms with Crippen molar-refractivity contribution in [2.75, 3.05) is 0 Å². The molecule has 0 amide bonds. The van der Waals surface area contributed by atoms with Crippen molar-refractivity contribution in [3.8, 4) is 11.6 Å². The Hall–Kier alpha value is -2.24. The second kappa shape index (κ2) is 4.56. The van der Waals surface area contributed by atoms with Gasteiger partial charge in [-0.25, -0.2) is 19.3 Å². The Balaban J connectivity index is 2.09. The molecule has 2 aromatic heterocycles. The normalized spacial score (nSPS) is 19.0. The molecule has 0 saturated heterocycles. The Kier molecular flexibility index (Phi) is 2.76. The first-order valence-corrected chi connectivity index (χ1v) is 5.88. The van der Waals surface area contributed by atoms with Crippen molar-refractivity contribution >= 4 is 0 Å². The Labute approximate surface area is 103 Å². The third kappa shape index (κ3) is 1.85. The summed E-state index contributed by atoms with van der Waals surface area (Å²) in [5, 5.41) is 3.78. The lowest BCUT2D eigenvalue weighted by molar-refractivity contribution is 0.366. The fourth-order valence-electron chi connectivity index (χ4n) is 2.12. The molecule has 92 valence electrons. The van der Waals surface area contributed by atoms with Crippen LogP contribution in [-0.4, -0.2) is 19.7 Å². The number of hydrogen-bond acceptors (Lipinski definition) is 5. The van der Waals surface area contributed by atoms with E-state index in [9.17, 15) is 4.79 Å². The van der Waals surface area contributed by atoms with Crippen LogP contribution in [0.5, 0.6) is 0 Å². The number of hydrogen-bond donors (Lipinski definition) is 0. The molecule has 0 N–H and O–H groups in total. The molecule has 0 aromatic carbocycles. The van der Waals surface area contributed by atoms with E-state index in [2.05, 4.69) is 21.2 Å². The van der Waals surface area contributed by atoms with Gasteiger partial charge in [-0.2, -0.15) is 0 Å². The fourth-order valence-corrected chi connectivity index (χ4v) is 2.12. The van der Waals surface area contributed by atoms with Crippen LogP contribution < -0.4 is 5.76 Å². The molecular formula is C12H12N4O2. The lowest BCUT2D eigenvalue weighted by Crippen LogP contribution is -2.21. The first-order valence-electron chi connectivity index (χ1n) is 5.88. The molecule has 6 heteroatoms. The highest BCUT2D eigenvalue weighted by atomic mass is 16.5. The van der Waals surface area contributed by atoms with Crippen LogP contribution >= 0.6 is 0 Å². The number of aromatic nitrogens is 4. The monoisotopic (exact) mass is 244 g/mol. The molecule has 0 aliphatic heterocycles. The molecule has 18 heavy (non-hydrogen) atoms. The summed E-state index contributed by atoms with van der Waals surface area (Å²) in [6, 6.07) is 1.70. The fraction of sp³-hybridized carbons (Fsp3) is 0.333. The first kappa shape index (κ1) is 10.9. The highest BCUT2D eigenvalue weighted by Gasteiger charge is 2.21. The number of rotatable bonds is 2. The molecule has 1 atom stereocenters. The van der Waals surface area contributed by atoms with Crippen LogP contribution in [0.25, 0.3) is 11.6 Å². The zero-order valence-electron chi connectivity index (χ0n) is 9.69. The molecule has 2 heterocycles. The van der Waals surface area contributed by atoms with E-state index in [1.807, 2.05) is 6.08 Å². The molecule has 0 spiro atoms. The van der Waals surface area contributed by atoms with Gasteiger partial charge >= 0.3 is 5.76 Å². The minimum Gasteiger partial charge on any atom is -0.295 e. The molecule has 0 unspecified atom stereocenters. The van der Waals surface area contributed by atoms with Gasteiger partial charge in [0.15, 0.2) is 5.82 Å². The van der Waals surface area contributed by atoms with Gasteiger partial charge in [0, 0.05) is 12.4 Å². The number of nitrogens with zero attached hydrogens (tertiary/aromatic N) is 4. The summed E-state index contributed by atoms with van der Waals surface area (Å²) in [5.41, 5.74) is 0. The molecular weight excluding hydrogens is 232 g/mol. The van der Waals surface area contributed by atoms with Crippen LogP contribution in [0.2, 0.25) is 0 Å². The van der Waals surface area contributed by atoms with Gasteiger partial charge in [0.2, 0.25) is 5.82 Å². The topological polar surface area (TPSA) is 73.8 Å². The van der Waals surface area contributed by atoms with Crippen LogP contribution in [0, 0.1) is 0 Å². The van der Waals surface area contributed by atoms with Crippen LogP contribution in [0.4, 0.5) is 0 Å². The van der Waals surface area contributed by atoms with E-state index < -0.39 is 5.76 Å². The van der Waals surface area contributed by atoms with E-state index in [4.69, 9.17) is 4.52 Å². The van der Waals surface area contributed by atoms with Crippen molar-refractivity contribution in [3.63, 3.8) is 0 Å². The van der Waals surface area contributed by atoms with Crippen LogP contribution in [0.15, 0.2) is 39.9 Å². The van der Waals surface area contributed by atoms with Crippen molar-refractivity contribution in [3.05, 3.63) is 41.2 Å². The van der Waals surface area contributed by atoms with Gasteiger partial charge in [-0.3, -0.25) is 4.52 Å². The molecule has 2 aromatic rings. The summed E-state index contributed by atoms with van der Waals surface area (Å²) in [7, 11) is 0. The van der Waals surface area contributed by atoms with Gasteiger partial charge in [-0.15, -0.1) is 0 Å². The molecule has 1 aliphatic carbocycles. The smallest absolute Gasteiger partial charge is 0.295 e. The summed E-state index contributed by atoms with van der Waals surface area (Å²) < 4.78 is 6.27. The zero-order valence-corrected chi connectivity index (χ0v) is 9.69. The summed E-state index contributed by atoms with van der Waals surface area (Å²) in [4.78, 5) is 20.0. The van der Waals surface area contributed by atoms with E-state index >= 15 is 0 Å². The largest absolute Gasteiger partial charge is 0.442 e. The van der Waals surface area contributed by atoms with Gasteiger partial charge in [-0.05, 0) is 25.3 Å². The van der Waals surface area contributed by atoms with Crippen molar-refractivity contribution in [2.45, 2.75) is 25.3 Å². The van der Waals surface area contributed by atoms with E-state index in [0.717, 1.165) is 19.3 Å². The second-order valence-corrected chi connectivity index (χ2v) is 4.14. The van der Waals surface area contributed by atoms with Crippen LogP contribution in [-0.2, 0) is 0 Å². The molecule has 6 nitrogen and oxygen atoms in total. The van der Waals surface area contributed by atoms with Crippen molar-refractivity contribution < 1.29 is 4.52 Å². The predicted octanol–water partition coefficient (Wildman–Crippen LogP) is 1.57. The lowest BCUT2D eigenvalue weighted by Gasteiger charge is -2.17. The maximum Gasteiger partial charge on any atom is 0.442 e. The second-order valence-electron chi connectivity index (χ2n) is 4.14. The third-order valence-electron chi connectivity index (χ3n) is 2.96. The quantitative estimate of drug-likeness (QED) is 0.750. The predicted molar refractivity (Wildman–Crippen MR) is 63.8 cm³/mol. The molecule has 0 radical (unpaired) electrons. The Morgan fingerprint density at radius 1 is 1.33 bits per heavy atom. The summed E-state index contributed by atoms with van der Waals surface area (Å²) in [5.74, 6) is 0.327. The van der Waals surface area contributed by atoms with Crippen molar-refractivity contribution in [1.29, 1.82) is 0 Å². The van der Waals surface area contributed by atoms with Gasteiger partial charge in [0.25, 0.3) is 0 Å². The Morgan fingerprint density at radius 3 is 2.89 bits per heavy atom. The van der Waals surface area contributed by atoms with E-state index in [0.29, 0.717) is 11.6 Å². The van der Waals surface area contributed by atoms with E-state index in [-0.39, 0.29) is 6.04 Å². The van der Waals surface area contributed by atoms with E-state index in [1.54, 1.807) is 18.5 Å². The van der Waals surface area contributed by atoms with E-state index in [1.165, 1.54) is 4.57 Å². The zero-order chi connectivity index (χ0) is 12.4. The molecule has 0 bridgehead atoms. The standard InChI is InChI=1S/C12H12N4O2/c17-12-16(9-5-2-1-3-6-9)11(15-18-12)10-13-7-4-8-14-10/h2,4-5,7-9H,1,3,6H2/t9-/m0/s1. The Bertz CT molecular complexity index is 615. The third-order valence-corrected chi connectivity index (χ3v) is 2.96. The van der Waals surface area contributed by atoms with Crippen LogP contribution in [0.1, 0.15) is 25.3 Å². The highest BCUT2D eigenvalue weighted by Crippen LogP contribution is 2.24. The highest BCUT2D eigenvalue weighted by molar-refractivity contribution is 5.42. The summed E-state index contributed by atoms with van der Waals surface area (Å²) >= 11 is 0. The van der Waals surface area contributed by atoms with Crippen molar-refractivity contribution in [2.24, 2.45) is 0 Å². The first-order chi connectivity index (χ1) is 8.86. The molecule has 0 saturated carbocycles. The number of allylic oxidation sites excluding steroid dienone is 2. The lowest BCUT2D eigenvalue weighted by atomic mass is 10.0. The summed E-state index contributed by atoms with van der Waals surface area (Å²) in [6.45, 7) is 0. The van der Waals surface area contributed by atoms with Crippen molar-refractivity contribution in [1.82, 2.24) is 19.7 Å². The minimum absolute atomic E-state index is 0.0173. The van der Waals surface area contributed by atoms with Gasteiger partial charge in [0.05, 0.1) is 6.04 Å². The summed E-state index contributed by atoms with van der Waals surface area (Å²) in [6.07, 6.45) is 10.3. The molecule has 0 fully saturated rings. The van der Waals surface area contributed by atoms with Crippen LogP contribution in [0.3, 0.4) is 0 Å². The van der Waals surface area contributed by atoms with Gasteiger partial charge < -0.3 is 0 Å². The SMILES string of the molecule is O=c1onc(-c2ncccn2)n1[C@H]1C=CCCC1. The average molecular weight is 244 g/mol. The van der Waals surface area contributed by atoms with Gasteiger partial charge in [0.1, 0.15) is 0 Å². The maximum absolute atomic E-state index is 11.8.